The number of nitrogens with zero attached hydrogens (tertiary/aromatic N) is 1. The number of nitrogens with one attached hydrogen (secondary N) is 1. The van der Waals surface area contributed by atoms with Crippen LogP contribution in [0.15, 0.2) is 30.3 Å². The van der Waals surface area contributed by atoms with E-state index in [4.69, 9.17) is 5.11 Å². The summed E-state index contributed by atoms with van der Waals surface area (Å²) in [5.41, 5.74) is -0.473. The van der Waals surface area contributed by atoms with Crippen molar-refractivity contribution in [3.8, 4) is 0 Å². The zero-order valence-corrected chi connectivity index (χ0v) is 11.3. The maximum atomic E-state index is 12.1. The van der Waals surface area contributed by atoms with E-state index in [0.29, 0.717) is 0 Å². The number of benzene rings is 2. The summed E-state index contributed by atoms with van der Waals surface area (Å²) in [6, 6.07) is 6.41. The molecule has 2 aromatic carbocycles. The fourth-order valence-corrected chi connectivity index (χ4v) is 2.18. The van der Waals surface area contributed by atoms with Crippen molar-refractivity contribution in [2.75, 3.05) is 13.2 Å². The molecule has 0 saturated carbocycles. The van der Waals surface area contributed by atoms with Crippen LogP contribution in [-0.2, 0) is 0 Å². The maximum absolute atomic E-state index is 12.1. The number of aromatic carboxylic acids is 1. The first kappa shape index (κ1) is 15.4. The highest BCUT2D eigenvalue weighted by Crippen LogP contribution is 2.31. The third kappa shape index (κ3) is 2.72. The molecule has 0 aromatic heterocycles. The van der Waals surface area contributed by atoms with E-state index in [-0.39, 0.29) is 40.7 Å². The quantitative estimate of drug-likeness (QED) is 0.561. The fourth-order valence-electron chi connectivity index (χ4n) is 2.18. The molecule has 0 saturated heterocycles. The number of aliphatic hydroxyl groups is 1. The van der Waals surface area contributed by atoms with E-state index in [1.54, 1.807) is 0 Å². The number of non-ortho nitro benzene ring substituents is 1. The summed E-state index contributed by atoms with van der Waals surface area (Å²) in [6.45, 7) is -0.283. The molecule has 114 valence electrons. The molecule has 3 N–H and O–H groups in total. The first-order chi connectivity index (χ1) is 10.5. The summed E-state index contributed by atoms with van der Waals surface area (Å²) in [5, 5.41) is 31.5. The van der Waals surface area contributed by atoms with Gasteiger partial charge in [-0.2, -0.15) is 0 Å². The Hall–Kier alpha value is -3.00. The normalized spacial score (nSPS) is 10.4. The molecule has 2 rings (SSSR count). The van der Waals surface area contributed by atoms with Crippen LogP contribution in [0.1, 0.15) is 20.7 Å². The summed E-state index contributed by atoms with van der Waals surface area (Å²) in [6.07, 6.45) is 0. The van der Waals surface area contributed by atoms with Crippen molar-refractivity contribution in [1.82, 2.24) is 5.32 Å². The van der Waals surface area contributed by atoms with Crippen molar-refractivity contribution in [2.24, 2.45) is 0 Å². The van der Waals surface area contributed by atoms with Gasteiger partial charge >= 0.3 is 5.97 Å². The van der Waals surface area contributed by atoms with Crippen LogP contribution in [0.2, 0.25) is 0 Å². The number of rotatable bonds is 5. The Morgan fingerprint density at radius 1 is 1.18 bits per heavy atom. The van der Waals surface area contributed by atoms with Gasteiger partial charge in [-0.05, 0) is 18.2 Å². The molecule has 0 aliphatic carbocycles. The van der Waals surface area contributed by atoms with Crippen LogP contribution in [0.4, 0.5) is 5.69 Å². The first-order valence-electron chi connectivity index (χ1n) is 6.30. The monoisotopic (exact) mass is 304 g/mol. The number of hydrogen-bond donors (Lipinski definition) is 3. The van der Waals surface area contributed by atoms with Gasteiger partial charge in [0.25, 0.3) is 11.6 Å². The Labute approximate surface area is 124 Å². The molecule has 2 aromatic rings. The molecule has 0 unspecified atom stereocenters. The van der Waals surface area contributed by atoms with Crippen molar-refractivity contribution >= 4 is 28.3 Å². The summed E-state index contributed by atoms with van der Waals surface area (Å²) >= 11 is 0. The summed E-state index contributed by atoms with van der Waals surface area (Å²) < 4.78 is 0. The Kier molecular flexibility index (Phi) is 4.33. The average molecular weight is 304 g/mol. The lowest BCUT2D eigenvalue weighted by atomic mass is 9.97. The number of nitro benzene ring substituents is 1. The molecule has 0 spiro atoms. The van der Waals surface area contributed by atoms with Gasteiger partial charge in [0.2, 0.25) is 0 Å². The number of nitro groups is 1. The highest BCUT2D eigenvalue weighted by atomic mass is 16.6. The molecular formula is C14H12N2O6. The molecule has 8 heteroatoms. The van der Waals surface area contributed by atoms with Crippen molar-refractivity contribution in [2.45, 2.75) is 0 Å². The standard InChI is InChI=1S/C14H12N2O6/c17-7-6-15-13(18)9-3-1-2-8-11(16(21)22)5-4-10(12(8)9)14(19)20/h1-5,17H,6-7H2,(H,15,18)(H,19,20). The summed E-state index contributed by atoms with van der Waals surface area (Å²) in [7, 11) is 0. The molecule has 0 aliphatic heterocycles. The first-order valence-corrected chi connectivity index (χ1v) is 6.30. The number of fused-ring (bicyclic) bond motifs is 1. The van der Waals surface area contributed by atoms with E-state index >= 15 is 0 Å². The zero-order chi connectivity index (χ0) is 16.3. The molecule has 8 nitrogen and oxygen atoms in total. The van der Waals surface area contributed by atoms with Crippen LogP contribution in [0.25, 0.3) is 10.8 Å². The number of carboxylic acid groups (broad SMARTS) is 1. The highest BCUT2D eigenvalue weighted by Gasteiger charge is 2.22. The minimum absolute atomic E-state index is 0.000334. The Morgan fingerprint density at radius 3 is 2.50 bits per heavy atom. The lowest BCUT2D eigenvalue weighted by Gasteiger charge is -2.10. The number of hydrogen-bond acceptors (Lipinski definition) is 5. The van der Waals surface area contributed by atoms with E-state index in [0.717, 1.165) is 12.1 Å². The van der Waals surface area contributed by atoms with Crippen LogP contribution in [-0.4, -0.2) is 40.2 Å². The van der Waals surface area contributed by atoms with Gasteiger partial charge in [-0.1, -0.05) is 6.07 Å². The lowest BCUT2D eigenvalue weighted by molar-refractivity contribution is -0.383. The SMILES string of the molecule is O=C(O)c1ccc([N+](=O)[O-])c2cccc(C(=O)NCCO)c12. The number of carbonyl (C=O) groups is 2. The number of amides is 1. The van der Waals surface area contributed by atoms with Crippen molar-refractivity contribution in [3.05, 3.63) is 51.6 Å². The minimum atomic E-state index is -1.29. The van der Waals surface area contributed by atoms with Crippen LogP contribution in [0, 0.1) is 10.1 Å². The highest BCUT2D eigenvalue weighted by molar-refractivity contribution is 6.16. The smallest absolute Gasteiger partial charge is 0.336 e. The largest absolute Gasteiger partial charge is 0.478 e. The molecule has 0 heterocycles. The maximum Gasteiger partial charge on any atom is 0.336 e. The van der Waals surface area contributed by atoms with Crippen molar-refractivity contribution in [3.63, 3.8) is 0 Å². The van der Waals surface area contributed by atoms with Crippen LogP contribution in [0.3, 0.4) is 0 Å². The number of carboxylic acids is 1. The molecule has 0 aliphatic rings. The van der Waals surface area contributed by atoms with Crippen molar-refractivity contribution in [1.29, 1.82) is 0 Å². The summed E-state index contributed by atoms with van der Waals surface area (Å²) in [4.78, 5) is 33.9. The van der Waals surface area contributed by atoms with Crippen LogP contribution in [0.5, 0.6) is 0 Å². The van der Waals surface area contributed by atoms with Crippen LogP contribution < -0.4 is 5.32 Å². The Balaban J connectivity index is 2.77. The minimum Gasteiger partial charge on any atom is -0.478 e. The third-order valence-electron chi connectivity index (χ3n) is 3.09. The molecule has 1 amide bonds. The van der Waals surface area contributed by atoms with Gasteiger partial charge in [0.05, 0.1) is 22.5 Å². The lowest BCUT2D eigenvalue weighted by Crippen LogP contribution is -2.26. The van der Waals surface area contributed by atoms with Gasteiger partial charge in [0.1, 0.15) is 0 Å². The van der Waals surface area contributed by atoms with Crippen LogP contribution >= 0.6 is 0 Å². The predicted octanol–water partition coefficient (Wildman–Crippen LogP) is 1.17. The van der Waals surface area contributed by atoms with Gasteiger partial charge in [0, 0.05) is 23.6 Å². The predicted molar refractivity (Wildman–Crippen MR) is 77.0 cm³/mol. The van der Waals surface area contributed by atoms with Gasteiger partial charge in [0.15, 0.2) is 0 Å². The second-order valence-corrected chi connectivity index (χ2v) is 4.40. The average Bonchev–Trinajstić information content (AvgIpc) is 2.50. The number of aliphatic hydroxyl groups excluding tert-OH is 1. The Bertz CT molecular complexity index is 771. The van der Waals surface area contributed by atoms with Gasteiger partial charge in [-0.15, -0.1) is 0 Å². The zero-order valence-electron chi connectivity index (χ0n) is 11.3. The molecule has 0 fully saturated rings. The Morgan fingerprint density at radius 2 is 1.91 bits per heavy atom. The topological polar surface area (TPSA) is 130 Å². The van der Waals surface area contributed by atoms with E-state index in [2.05, 4.69) is 5.32 Å². The van der Waals surface area contributed by atoms with Gasteiger partial charge < -0.3 is 15.5 Å². The fraction of sp³-hybridized carbons (Fsp3) is 0.143. The summed E-state index contributed by atoms with van der Waals surface area (Å²) in [5.74, 6) is -1.90. The van der Waals surface area contributed by atoms with Gasteiger partial charge in [-0.3, -0.25) is 14.9 Å². The van der Waals surface area contributed by atoms with Gasteiger partial charge in [-0.25, -0.2) is 4.79 Å². The van der Waals surface area contributed by atoms with E-state index in [9.17, 15) is 24.8 Å². The van der Waals surface area contributed by atoms with E-state index < -0.39 is 16.8 Å². The second-order valence-electron chi connectivity index (χ2n) is 4.40. The molecule has 0 radical (unpaired) electrons. The molecule has 0 bridgehead atoms. The van der Waals surface area contributed by atoms with E-state index in [1.165, 1.54) is 18.2 Å². The number of carbonyl (C=O) groups excluding carboxylic acids is 1. The molecule has 22 heavy (non-hydrogen) atoms. The van der Waals surface area contributed by atoms with E-state index in [1.807, 2.05) is 0 Å². The molecule has 0 atom stereocenters. The molecular weight excluding hydrogens is 292 g/mol. The third-order valence-corrected chi connectivity index (χ3v) is 3.09. The van der Waals surface area contributed by atoms with Crippen molar-refractivity contribution < 1.29 is 24.7 Å². The second kappa shape index (κ2) is 6.19.